The second kappa shape index (κ2) is 3.89. The zero-order valence-corrected chi connectivity index (χ0v) is 10.9. The summed E-state index contributed by atoms with van der Waals surface area (Å²) in [5, 5.41) is 0. The molecule has 1 aromatic rings. The lowest BCUT2D eigenvalue weighted by Crippen LogP contribution is -2.16. The number of benzene rings is 1. The fourth-order valence-electron chi connectivity index (χ4n) is 2.23. The summed E-state index contributed by atoms with van der Waals surface area (Å²) in [6.07, 6.45) is 2.61. The number of aryl methyl sites for hydroxylation is 1. The van der Waals surface area contributed by atoms with Crippen molar-refractivity contribution in [3.63, 3.8) is 0 Å². The third kappa shape index (κ3) is 2.30. The Labute approximate surface area is 99.0 Å². The lowest BCUT2D eigenvalue weighted by atomic mass is 9.84. The van der Waals surface area contributed by atoms with E-state index in [9.17, 15) is 0 Å². The minimum Gasteiger partial charge on any atom is -0.324 e. The van der Waals surface area contributed by atoms with Gasteiger partial charge in [0.25, 0.3) is 0 Å². The molecule has 0 saturated heterocycles. The fraction of sp³-hybridized carbons (Fsp3) is 0.600. The lowest BCUT2D eigenvalue weighted by Gasteiger charge is -2.22. The van der Waals surface area contributed by atoms with Gasteiger partial charge in [0.05, 0.1) is 0 Å². The van der Waals surface area contributed by atoms with Crippen LogP contribution in [0.2, 0.25) is 0 Å². The largest absolute Gasteiger partial charge is 0.324 e. The Balaban J connectivity index is 2.29. The SMILES string of the molecule is Cc1cc(C(C)(C)C)ccc1[C@H](N)C1CC1. The molecule has 16 heavy (non-hydrogen) atoms. The van der Waals surface area contributed by atoms with Crippen molar-refractivity contribution >= 4 is 0 Å². The first kappa shape index (κ1) is 11.7. The van der Waals surface area contributed by atoms with Crippen LogP contribution in [0.15, 0.2) is 18.2 Å². The topological polar surface area (TPSA) is 26.0 Å². The van der Waals surface area contributed by atoms with Crippen molar-refractivity contribution in [3.05, 3.63) is 34.9 Å². The van der Waals surface area contributed by atoms with Crippen LogP contribution in [-0.2, 0) is 5.41 Å². The highest BCUT2D eigenvalue weighted by Crippen LogP contribution is 2.40. The molecule has 0 spiro atoms. The maximum Gasteiger partial charge on any atom is 0.0326 e. The molecule has 1 fully saturated rings. The van der Waals surface area contributed by atoms with Gasteiger partial charge in [-0.05, 0) is 47.8 Å². The zero-order valence-electron chi connectivity index (χ0n) is 10.9. The molecule has 1 aliphatic rings. The third-order valence-electron chi connectivity index (χ3n) is 3.62. The van der Waals surface area contributed by atoms with E-state index in [0.29, 0.717) is 0 Å². The molecule has 88 valence electrons. The van der Waals surface area contributed by atoms with E-state index in [-0.39, 0.29) is 11.5 Å². The van der Waals surface area contributed by atoms with Gasteiger partial charge in [-0.2, -0.15) is 0 Å². The van der Waals surface area contributed by atoms with E-state index in [1.165, 1.54) is 29.5 Å². The fourth-order valence-corrected chi connectivity index (χ4v) is 2.23. The molecule has 1 saturated carbocycles. The van der Waals surface area contributed by atoms with Crippen molar-refractivity contribution in [1.29, 1.82) is 0 Å². The first-order valence-corrected chi connectivity index (χ1v) is 6.26. The van der Waals surface area contributed by atoms with E-state index in [4.69, 9.17) is 5.73 Å². The van der Waals surface area contributed by atoms with E-state index < -0.39 is 0 Å². The molecule has 0 amide bonds. The first-order chi connectivity index (χ1) is 7.39. The van der Waals surface area contributed by atoms with Crippen molar-refractivity contribution < 1.29 is 0 Å². The molecule has 1 heteroatoms. The maximum atomic E-state index is 6.26. The van der Waals surface area contributed by atoms with Crippen LogP contribution in [0.5, 0.6) is 0 Å². The summed E-state index contributed by atoms with van der Waals surface area (Å²) in [4.78, 5) is 0. The van der Waals surface area contributed by atoms with Crippen molar-refractivity contribution in [3.8, 4) is 0 Å². The quantitative estimate of drug-likeness (QED) is 0.803. The van der Waals surface area contributed by atoms with Crippen molar-refractivity contribution in [2.45, 2.75) is 52.0 Å². The van der Waals surface area contributed by atoms with Crippen LogP contribution < -0.4 is 5.73 Å². The van der Waals surface area contributed by atoms with Gasteiger partial charge in [0.1, 0.15) is 0 Å². The molecule has 2 rings (SSSR count). The Morgan fingerprint density at radius 2 is 1.88 bits per heavy atom. The molecule has 1 atom stereocenters. The summed E-state index contributed by atoms with van der Waals surface area (Å²) in [6, 6.07) is 7.04. The molecule has 0 radical (unpaired) electrons. The predicted octanol–water partition coefficient (Wildman–Crippen LogP) is 3.70. The smallest absolute Gasteiger partial charge is 0.0326 e. The highest BCUT2D eigenvalue weighted by molar-refractivity contribution is 5.36. The van der Waals surface area contributed by atoms with Gasteiger partial charge in [0.2, 0.25) is 0 Å². The Morgan fingerprint density at radius 3 is 2.31 bits per heavy atom. The van der Waals surface area contributed by atoms with E-state index in [0.717, 1.165) is 5.92 Å². The summed E-state index contributed by atoms with van der Waals surface area (Å²) in [5.74, 6) is 0.735. The summed E-state index contributed by atoms with van der Waals surface area (Å²) in [6.45, 7) is 8.94. The van der Waals surface area contributed by atoms with Gasteiger partial charge in [0.15, 0.2) is 0 Å². The molecule has 2 N–H and O–H groups in total. The van der Waals surface area contributed by atoms with Gasteiger partial charge in [-0.25, -0.2) is 0 Å². The minimum absolute atomic E-state index is 0.229. The van der Waals surface area contributed by atoms with Crippen LogP contribution >= 0.6 is 0 Å². The monoisotopic (exact) mass is 217 g/mol. The second-order valence-electron chi connectivity index (χ2n) is 6.18. The van der Waals surface area contributed by atoms with Crippen LogP contribution in [-0.4, -0.2) is 0 Å². The van der Waals surface area contributed by atoms with Gasteiger partial charge in [-0.3, -0.25) is 0 Å². The lowest BCUT2D eigenvalue weighted by molar-refractivity contribution is 0.586. The molecule has 0 unspecified atom stereocenters. The van der Waals surface area contributed by atoms with Crippen LogP contribution in [0.25, 0.3) is 0 Å². The molecule has 1 aromatic carbocycles. The van der Waals surface area contributed by atoms with Gasteiger partial charge >= 0.3 is 0 Å². The highest BCUT2D eigenvalue weighted by atomic mass is 14.7. The van der Waals surface area contributed by atoms with Gasteiger partial charge in [-0.15, -0.1) is 0 Å². The maximum absolute atomic E-state index is 6.26. The minimum atomic E-state index is 0.229. The second-order valence-corrected chi connectivity index (χ2v) is 6.18. The Morgan fingerprint density at radius 1 is 1.25 bits per heavy atom. The molecule has 0 aliphatic heterocycles. The summed E-state index contributed by atoms with van der Waals surface area (Å²) in [5.41, 5.74) is 10.6. The molecule has 1 aliphatic carbocycles. The highest BCUT2D eigenvalue weighted by Gasteiger charge is 2.30. The summed E-state index contributed by atoms with van der Waals surface area (Å²) < 4.78 is 0. The number of hydrogen-bond donors (Lipinski definition) is 1. The van der Waals surface area contributed by atoms with Crippen molar-refractivity contribution in [1.82, 2.24) is 0 Å². The van der Waals surface area contributed by atoms with E-state index in [1.54, 1.807) is 0 Å². The van der Waals surface area contributed by atoms with Gasteiger partial charge in [0, 0.05) is 6.04 Å². The number of nitrogens with two attached hydrogens (primary N) is 1. The van der Waals surface area contributed by atoms with Crippen molar-refractivity contribution in [2.75, 3.05) is 0 Å². The predicted molar refractivity (Wildman–Crippen MR) is 69.5 cm³/mol. The van der Waals surface area contributed by atoms with Gasteiger partial charge in [-0.1, -0.05) is 39.0 Å². The van der Waals surface area contributed by atoms with Crippen LogP contribution in [0.3, 0.4) is 0 Å². The molecule has 0 bridgehead atoms. The molecule has 0 aromatic heterocycles. The zero-order chi connectivity index (χ0) is 11.9. The number of rotatable bonds is 2. The van der Waals surface area contributed by atoms with E-state index in [2.05, 4.69) is 45.9 Å². The molecular formula is C15H23N. The van der Waals surface area contributed by atoms with Gasteiger partial charge < -0.3 is 5.73 Å². The standard InChI is InChI=1S/C15H23N/c1-10-9-12(15(2,3)4)7-8-13(10)14(16)11-5-6-11/h7-9,11,14H,5-6,16H2,1-4H3/t14-/m1/s1. The number of hydrogen-bond acceptors (Lipinski definition) is 1. The molecular weight excluding hydrogens is 194 g/mol. The van der Waals surface area contributed by atoms with E-state index in [1.807, 2.05) is 0 Å². The van der Waals surface area contributed by atoms with Crippen LogP contribution in [0.1, 0.15) is 56.3 Å². The molecule has 1 nitrogen and oxygen atoms in total. The Kier molecular flexibility index (Phi) is 2.83. The van der Waals surface area contributed by atoms with E-state index >= 15 is 0 Å². The average molecular weight is 217 g/mol. The third-order valence-corrected chi connectivity index (χ3v) is 3.62. The average Bonchev–Trinajstić information content (AvgIpc) is 2.98. The first-order valence-electron chi connectivity index (χ1n) is 6.26. The normalized spacial score (nSPS) is 18.6. The molecule has 0 heterocycles. The Bertz CT molecular complexity index is 383. The summed E-state index contributed by atoms with van der Waals surface area (Å²) in [7, 11) is 0. The summed E-state index contributed by atoms with van der Waals surface area (Å²) >= 11 is 0. The Hall–Kier alpha value is -0.820. The van der Waals surface area contributed by atoms with Crippen LogP contribution in [0.4, 0.5) is 0 Å². The van der Waals surface area contributed by atoms with Crippen molar-refractivity contribution in [2.24, 2.45) is 11.7 Å². The van der Waals surface area contributed by atoms with Crippen LogP contribution in [0, 0.1) is 12.8 Å².